The Morgan fingerprint density at radius 2 is 1.96 bits per heavy atom. The molecule has 0 aliphatic heterocycles. The Kier molecular flexibility index (Phi) is 5.75. The molecule has 2 N–H and O–H groups in total. The standard InChI is InChI=1S/C21H21N5OS/c27-21(19-9-5-13-28-19)23-11-12-26(14-16-6-3-4-10-22-16)15-20-24-17-7-1-2-8-18(17)25-20/h1-10,13H,11-12,14-15H2,(H,23,27)(H,24,25). The van der Waals surface area contributed by atoms with Crippen molar-refractivity contribution < 1.29 is 4.79 Å². The van der Waals surface area contributed by atoms with Crippen LogP contribution in [0.3, 0.4) is 0 Å². The van der Waals surface area contributed by atoms with Crippen LogP contribution < -0.4 is 5.32 Å². The van der Waals surface area contributed by atoms with Crippen molar-refractivity contribution in [1.82, 2.24) is 25.2 Å². The molecule has 4 aromatic rings. The molecule has 6 nitrogen and oxygen atoms in total. The lowest BCUT2D eigenvalue weighted by atomic mass is 10.3. The first-order valence-electron chi connectivity index (χ1n) is 9.15. The van der Waals surface area contributed by atoms with Gasteiger partial charge in [-0.1, -0.05) is 24.3 Å². The molecule has 0 aliphatic carbocycles. The second kappa shape index (κ2) is 8.77. The van der Waals surface area contributed by atoms with Crippen molar-refractivity contribution in [2.24, 2.45) is 0 Å². The van der Waals surface area contributed by atoms with Crippen molar-refractivity contribution >= 4 is 28.3 Å². The van der Waals surface area contributed by atoms with Crippen molar-refractivity contribution in [1.29, 1.82) is 0 Å². The minimum Gasteiger partial charge on any atom is -0.350 e. The summed E-state index contributed by atoms with van der Waals surface area (Å²) in [6.45, 7) is 2.60. The maximum atomic E-state index is 12.2. The zero-order chi connectivity index (χ0) is 19.2. The van der Waals surface area contributed by atoms with Gasteiger partial charge in [-0.15, -0.1) is 11.3 Å². The SMILES string of the molecule is O=C(NCCN(Cc1ccccn1)Cc1nc2ccccc2[nH]1)c1cccs1. The van der Waals surface area contributed by atoms with Crippen LogP contribution >= 0.6 is 11.3 Å². The molecule has 28 heavy (non-hydrogen) atoms. The average Bonchev–Trinajstić information content (AvgIpc) is 3.38. The summed E-state index contributed by atoms with van der Waals surface area (Å²) in [4.78, 5) is 27.6. The molecule has 0 bridgehead atoms. The van der Waals surface area contributed by atoms with Crippen LogP contribution in [0.5, 0.6) is 0 Å². The molecule has 1 aromatic carbocycles. The monoisotopic (exact) mass is 391 g/mol. The fourth-order valence-corrected chi connectivity index (χ4v) is 3.69. The third-order valence-corrected chi connectivity index (χ3v) is 5.25. The zero-order valence-corrected chi connectivity index (χ0v) is 16.2. The minimum absolute atomic E-state index is 0.0310. The highest BCUT2D eigenvalue weighted by molar-refractivity contribution is 7.12. The zero-order valence-electron chi connectivity index (χ0n) is 15.3. The number of carbonyl (C=O) groups is 1. The fraction of sp³-hybridized carbons (Fsp3) is 0.190. The van der Waals surface area contributed by atoms with E-state index in [1.165, 1.54) is 11.3 Å². The first-order chi connectivity index (χ1) is 13.8. The van der Waals surface area contributed by atoms with E-state index in [9.17, 15) is 4.79 Å². The largest absolute Gasteiger partial charge is 0.350 e. The van der Waals surface area contributed by atoms with Crippen LogP contribution in [0.25, 0.3) is 11.0 Å². The van der Waals surface area contributed by atoms with E-state index in [1.807, 2.05) is 60.0 Å². The van der Waals surface area contributed by atoms with Crippen LogP contribution in [-0.4, -0.2) is 38.8 Å². The number of nitrogens with zero attached hydrogens (tertiary/aromatic N) is 3. The predicted molar refractivity (Wildman–Crippen MR) is 111 cm³/mol. The number of carbonyl (C=O) groups excluding carboxylic acids is 1. The van der Waals surface area contributed by atoms with Gasteiger partial charge in [0.1, 0.15) is 5.82 Å². The van der Waals surface area contributed by atoms with Crippen LogP contribution in [0.2, 0.25) is 0 Å². The molecule has 3 heterocycles. The van der Waals surface area contributed by atoms with E-state index >= 15 is 0 Å². The Morgan fingerprint density at radius 3 is 2.75 bits per heavy atom. The quantitative estimate of drug-likeness (QED) is 0.482. The lowest BCUT2D eigenvalue weighted by Gasteiger charge is -2.21. The number of thiophene rings is 1. The van der Waals surface area contributed by atoms with Crippen molar-refractivity contribution in [3.8, 4) is 0 Å². The van der Waals surface area contributed by atoms with E-state index in [2.05, 4.69) is 25.2 Å². The highest BCUT2D eigenvalue weighted by Gasteiger charge is 2.12. The molecule has 4 rings (SSSR count). The predicted octanol–water partition coefficient (Wildman–Crippen LogP) is 3.45. The fourth-order valence-electron chi connectivity index (χ4n) is 3.05. The molecular formula is C21H21N5OS. The molecule has 0 spiro atoms. The van der Waals surface area contributed by atoms with Gasteiger partial charge in [0, 0.05) is 25.8 Å². The van der Waals surface area contributed by atoms with Gasteiger partial charge >= 0.3 is 0 Å². The van der Waals surface area contributed by atoms with Crippen molar-refractivity contribution in [2.75, 3.05) is 13.1 Å². The van der Waals surface area contributed by atoms with Gasteiger partial charge in [0.05, 0.1) is 28.1 Å². The van der Waals surface area contributed by atoms with Crippen LogP contribution in [-0.2, 0) is 13.1 Å². The number of nitrogens with one attached hydrogen (secondary N) is 2. The minimum atomic E-state index is -0.0310. The van der Waals surface area contributed by atoms with Gasteiger partial charge in [0.15, 0.2) is 0 Å². The first kappa shape index (κ1) is 18.3. The highest BCUT2D eigenvalue weighted by atomic mass is 32.1. The molecular weight excluding hydrogens is 370 g/mol. The summed E-state index contributed by atoms with van der Waals surface area (Å²) in [7, 11) is 0. The highest BCUT2D eigenvalue weighted by Crippen LogP contribution is 2.13. The molecule has 7 heteroatoms. The Labute approximate surface area is 167 Å². The summed E-state index contributed by atoms with van der Waals surface area (Å²) in [5.74, 6) is 0.873. The van der Waals surface area contributed by atoms with Crippen molar-refractivity contribution in [2.45, 2.75) is 13.1 Å². The van der Waals surface area contributed by atoms with E-state index in [0.29, 0.717) is 26.2 Å². The van der Waals surface area contributed by atoms with Crippen LogP contribution in [0.4, 0.5) is 0 Å². The Bertz CT molecular complexity index is 996. The number of aromatic amines is 1. The topological polar surface area (TPSA) is 73.9 Å². The van der Waals surface area contributed by atoms with Crippen LogP contribution in [0, 0.1) is 0 Å². The number of benzene rings is 1. The van der Waals surface area contributed by atoms with Gasteiger partial charge in [-0.05, 0) is 35.7 Å². The number of hydrogen-bond acceptors (Lipinski definition) is 5. The van der Waals surface area contributed by atoms with Gasteiger partial charge in [-0.25, -0.2) is 4.98 Å². The van der Waals surface area contributed by atoms with E-state index in [4.69, 9.17) is 0 Å². The van der Waals surface area contributed by atoms with E-state index in [1.54, 1.807) is 6.20 Å². The summed E-state index contributed by atoms with van der Waals surface area (Å²) >= 11 is 1.45. The second-order valence-electron chi connectivity index (χ2n) is 6.47. The molecule has 142 valence electrons. The maximum Gasteiger partial charge on any atom is 0.261 e. The lowest BCUT2D eigenvalue weighted by Crippen LogP contribution is -2.34. The lowest BCUT2D eigenvalue weighted by molar-refractivity contribution is 0.0951. The summed E-state index contributed by atoms with van der Waals surface area (Å²) < 4.78 is 0. The molecule has 0 unspecified atom stereocenters. The number of hydrogen-bond donors (Lipinski definition) is 2. The number of imidazole rings is 1. The molecule has 0 radical (unpaired) electrons. The maximum absolute atomic E-state index is 12.2. The number of pyridine rings is 1. The van der Waals surface area contributed by atoms with E-state index < -0.39 is 0 Å². The number of para-hydroxylation sites is 2. The Balaban J connectivity index is 1.42. The normalized spacial score (nSPS) is 11.2. The smallest absolute Gasteiger partial charge is 0.261 e. The molecule has 0 aliphatic rings. The number of H-pyrrole nitrogens is 1. The van der Waals surface area contributed by atoms with Gasteiger partial charge < -0.3 is 10.3 Å². The average molecular weight is 392 g/mol. The number of amides is 1. The second-order valence-corrected chi connectivity index (χ2v) is 7.41. The summed E-state index contributed by atoms with van der Waals surface area (Å²) in [6, 6.07) is 17.6. The molecule has 1 amide bonds. The third kappa shape index (κ3) is 4.62. The van der Waals surface area contributed by atoms with Gasteiger partial charge in [0.25, 0.3) is 5.91 Å². The van der Waals surface area contributed by atoms with Crippen LogP contribution in [0.1, 0.15) is 21.2 Å². The van der Waals surface area contributed by atoms with E-state index in [0.717, 1.165) is 27.4 Å². The number of rotatable bonds is 8. The van der Waals surface area contributed by atoms with Gasteiger partial charge in [0.2, 0.25) is 0 Å². The van der Waals surface area contributed by atoms with Gasteiger partial charge in [-0.3, -0.25) is 14.7 Å². The van der Waals surface area contributed by atoms with Crippen LogP contribution in [0.15, 0.2) is 66.2 Å². The number of aromatic nitrogens is 3. The molecule has 0 saturated carbocycles. The summed E-state index contributed by atoms with van der Waals surface area (Å²) in [5, 5.41) is 4.90. The first-order valence-corrected chi connectivity index (χ1v) is 10.0. The Hall–Kier alpha value is -3.03. The number of fused-ring (bicyclic) bond motifs is 1. The summed E-state index contributed by atoms with van der Waals surface area (Å²) in [5.41, 5.74) is 2.98. The van der Waals surface area contributed by atoms with Crippen molar-refractivity contribution in [3.63, 3.8) is 0 Å². The summed E-state index contributed by atoms with van der Waals surface area (Å²) in [6.07, 6.45) is 1.80. The molecule has 3 aromatic heterocycles. The third-order valence-electron chi connectivity index (χ3n) is 4.38. The van der Waals surface area contributed by atoms with Crippen molar-refractivity contribution in [3.05, 3.63) is 82.6 Å². The van der Waals surface area contributed by atoms with Gasteiger partial charge in [-0.2, -0.15) is 0 Å². The Morgan fingerprint density at radius 1 is 1.07 bits per heavy atom. The molecule has 0 atom stereocenters. The molecule has 0 fully saturated rings. The van der Waals surface area contributed by atoms with E-state index in [-0.39, 0.29) is 5.91 Å². The molecule has 0 saturated heterocycles.